The van der Waals surface area contributed by atoms with Crippen molar-refractivity contribution in [3.8, 4) is 0 Å². The van der Waals surface area contributed by atoms with Gasteiger partial charge in [-0.25, -0.2) is 0 Å². The van der Waals surface area contributed by atoms with Crippen LogP contribution in [0.15, 0.2) is 5.10 Å². The summed E-state index contributed by atoms with van der Waals surface area (Å²) in [6, 6.07) is 0. The van der Waals surface area contributed by atoms with Crippen molar-refractivity contribution < 1.29 is 0 Å². The summed E-state index contributed by atoms with van der Waals surface area (Å²) in [4.78, 5) is 0. The molecule has 1 aliphatic carbocycles. The highest BCUT2D eigenvalue weighted by Gasteiger charge is 2.26. The van der Waals surface area contributed by atoms with E-state index in [4.69, 9.17) is 0 Å². The Bertz CT molecular complexity index is 199. The highest BCUT2D eigenvalue weighted by molar-refractivity contribution is 8.14. The normalized spacial score (nSPS) is 29.9. The van der Waals surface area contributed by atoms with Crippen LogP contribution in [0.5, 0.6) is 0 Å². The summed E-state index contributed by atoms with van der Waals surface area (Å²) in [5, 5.41) is 8.87. The number of nitrogens with one attached hydrogen (secondary N) is 2. The van der Waals surface area contributed by atoms with Gasteiger partial charge >= 0.3 is 0 Å². The highest BCUT2D eigenvalue weighted by Crippen LogP contribution is 2.31. The molecule has 0 spiro atoms. The molecule has 1 atom stereocenters. The van der Waals surface area contributed by atoms with Crippen molar-refractivity contribution in [1.29, 1.82) is 0 Å². The Labute approximate surface area is 83.7 Å². The summed E-state index contributed by atoms with van der Waals surface area (Å²) in [5.74, 6) is 0.740. The third kappa shape index (κ3) is 2.17. The van der Waals surface area contributed by atoms with Crippen LogP contribution < -0.4 is 10.7 Å². The van der Waals surface area contributed by atoms with Gasteiger partial charge in [-0.2, -0.15) is 5.10 Å². The van der Waals surface area contributed by atoms with E-state index in [0.29, 0.717) is 5.50 Å². The smallest absolute Gasteiger partial charge is 0.146 e. The van der Waals surface area contributed by atoms with Crippen LogP contribution in [-0.4, -0.2) is 17.6 Å². The van der Waals surface area contributed by atoms with Crippen molar-refractivity contribution in [3.05, 3.63) is 0 Å². The average molecular weight is 199 g/mol. The van der Waals surface area contributed by atoms with E-state index in [1.54, 1.807) is 0 Å². The topological polar surface area (TPSA) is 36.4 Å². The molecule has 0 radical (unpaired) electrons. The molecule has 2 aliphatic rings. The Balaban J connectivity index is 1.87. The maximum absolute atomic E-state index is 4.38. The van der Waals surface area contributed by atoms with Gasteiger partial charge in [0, 0.05) is 5.92 Å². The maximum Gasteiger partial charge on any atom is 0.146 e. The van der Waals surface area contributed by atoms with Crippen LogP contribution in [0.3, 0.4) is 0 Å². The van der Waals surface area contributed by atoms with Gasteiger partial charge in [0.05, 0.1) is 5.04 Å². The summed E-state index contributed by atoms with van der Waals surface area (Å²) in [5.41, 5.74) is 3.40. The standard InChI is InChI=1S/C9H17N3S/c1-10-9-12-11-8(13-9)7-5-3-2-4-6-7/h7,9-10,12H,2-6H2,1H3. The van der Waals surface area contributed by atoms with Gasteiger partial charge in [0.15, 0.2) is 0 Å². The monoisotopic (exact) mass is 199 g/mol. The number of thioether (sulfide) groups is 1. The van der Waals surface area contributed by atoms with Gasteiger partial charge in [-0.05, 0) is 19.9 Å². The summed E-state index contributed by atoms with van der Waals surface area (Å²) in [6.45, 7) is 0. The van der Waals surface area contributed by atoms with E-state index in [0.717, 1.165) is 5.92 Å². The number of hydrogen-bond acceptors (Lipinski definition) is 4. The molecule has 1 unspecified atom stereocenters. The lowest BCUT2D eigenvalue weighted by atomic mass is 9.90. The van der Waals surface area contributed by atoms with Crippen molar-refractivity contribution in [3.63, 3.8) is 0 Å². The van der Waals surface area contributed by atoms with E-state index < -0.39 is 0 Å². The van der Waals surface area contributed by atoms with E-state index in [9.17, 15) is 0 Å². The summed E-state index contributed by atoms with van der Waals surface area (Å²) in [6.07, 6.45) is 6.86. The van der Waals surface area contributed by atoms with Crippen molar-refractivity contribution >= 4 is 16.8 Å². The van der Waals surface area contributed by atoms with E-state index in [1.807, 2.05) is 18.8 Å². The fraction of sp³-hybridized carbons (Fsp3) is 0.889. The molecule has 4 heteroatoms. The summed E-state index contributed by atoms with van der Waals surface area (Å²) in [7, 11) is 1.96. The minimum Gasteiger partial charge on any atom is -0.290 e. The van der Waals surface area contributed by atoms with E-state index in [1.165, 1.54) is 37.1 Å². The molecule has 1 heterocycles. The van der Waals surface area contributed by atoms with Crippen LogP contribution >= 0.6 is 11.8 Å². The first kappa shape index (κ1) is 9.34. The van der Waals surface area contributed by atoms with Gasteiger partial charge in [-0.15, -0.1) is 0 Å². The minimum atomic E-state index is 0.303. The van der Waals surface area contributed by atoms with E-state index >= 15 is 0 Å². The third-order valence-corrected chi connectivity index (χ3v) is 3.99. The lowest BCUT2D eigenvalue weighted by Gasteiger charge is -2.20. The number of hydrogen-bond donors (Lipinski definition) is 2. The van der Waals surface area contributed by atoms with Crippen molar-refractivity contribution in [2.45, 2.75) is 37.6 Å². The number of rotatable bonds is 2. The molecule has 3 nitrogen and oxygen atoms in total. The van der Waals surface area contributed by atoms with Gasteiger partial charge in [0.1, 0.15) is 5.50 Å². The first-order valence-corrected chi connectivity index (χ1v) is 5.95. The summed E-state index contributed by atoms with van der Waals surface area (Å²) >= 11 is 1.84. The molecule has 0 aromatic heterocycles. The fourth-order valence-electron chi connectivity index (χ4n) is 1.96. The maximum atomic E-state index is 4.38. The second kappa shape index (κ2) is 4.33. The Kier molecular flexibility index (Phi) is 3.11. The quantitative estimate of drug-likeness (QED) is 0.711. The van der Waals surface area contributed by atoms with Crippen LogP contribution in [0.4, 0.5) is 0 Å². The Morgan fingerprint density at radius 2 is 2.15 bits per heavy atom. The van der Waals surface area contributed by atoms with Crippen molar-refractivity contribution in [2.75, 3.05) is 7.05 Å². The molecule has 74 valence electrons. The minimum absolute atomic E-state index is 0.303. The molecule has 0 aromatic rings. The van der Waals surface area contributed by atoms with Crippen molar-refractivity contribution in [1.82, 2.24) is 10.7 Å². The molecule has 0 saturated heterocycles. The summed E-state index contributed by atoms with van der Waals surface area (Å²) < 4.78 is 0. The van der Waals surface area contributed by atoms with Gasteiger partial charge in [0.2, 0.25) is 0 Å². The SMILES string of the molecule is CNC1NN=C(C2CCCCC2)S1. The molecule has 1 saturated carbocycles. The van der Waals surface area contributed by atoms with Gasteiger partial charge in [-0.3, -0.25) is 10.7 Å². The zero-order valence-electron chi connectivity index (χ0n) is 8.05. The Morgan fingerprint density at radius 1 is 1.38 bits per heavy atom. The number of hydrazone groups is 1. The molecule has 2 N–H and O–H groups in total. The van der Waals surface area contributed by atoms with E-state index in [-0.39, 0.29) is 0 Å². The predicted octanol–water partition coefficient (Wildman–Crippen LogP) is 1.72. The van der Waals surface area contributed by atoms with Crippen LogP contribution in [0.25, 0.3) is 0 Å². The van der Waals surface area contributed by atoms with Crippen LogP contribution in [0.2, 0.25) is 0 Å². The molecule has 0 bridgehead atoms. The number of nitrogens with zero attached hydrogens (tertiary/aromatic N) is 1. The molecule has 0 aromatic carbocycles. The van der Waals surface area contributed by atoms with E-state index in [2.05, 4.69) is 15.8 Å². The third-order valence-electron chi connectivity index (χ3n) is 2.75. The van der Waals surface area contributed by atoms with Gasteiger partial charge < -0.3 is 0 Å². The second-order valence-electron chi connectivity index (χ2n) is 3.70. The molecule has 0 amide bonds. The molecule has 13 heavy (non-hydrogen) atoms. The highest BCUT2D eigenvalue weighted by atomic mass is 32.2. The largest absolute Gasteiger partial charge is 0.290 e. The fourth-order valence-corrected chi connectivity index (χ4v) is 2.95. The Hall–Kier alpha value is -0.220. The van der Waals surface area contributed by atoms with Crippen LogP contribution in [-0.2, 0) is 0 Å². The lowest BCUT2D eigenvalue weighted by molar-refractivity contribution is 0.442. The lowest BCUT2D eigenvalue weighted by Crippen LogP contribution is -2.30. The molecule has 2 rings (SSSR count). The zero-order valence-corrected chi connectivity index (χ0v) is 8.86. The predicted molar refractivity (Wildman–Crippen MR) is 57.6 cm³/mol. The second-order valence-corrected chi connectivity index (χ2v) is 4.83. The molecular formula is C9H17N3S. The zero-order chi connectivity index (χ0) is 9.10. The van der Waals surface area contributed by atoms with Crippen LogP contribution in [0.1, 0.15) is 32.1 Å². The van der Waals surface area contributed by atoms with Gasteiger partial charge in [0.25, 0.3) is 0 Å². The van der Waals surface area contributed by atoms with Crippen molar-refractivity contribution in [2.24, 2.45) is 11.0 Å². The van der Waals surface area contributed by atoms with Gasteiger partial charge in [-0.1, -0.05) is 31.0 Å². The average Bonchev–Trinajstić information content (AvgIpc) is 2.67. The Morgan fingerprint density at radius 3 is 2.77 bits per heavy atom. The molecular weight excluding hydrogens is 182 g/mol. The first-order chi connectivity index (χ1) is 6.40. The first-order valence-electron chi connectivity index (χ1n) is 5.07. The molecule has 1 fully saturated rings. The van der Waals surface area contributed by atoms with Crippen LogP contribution in [0, 0.1) is 5.92 Å². The molecule has 1 aliphatic heterocycles.